The smallest absolute Gasteiger partial charge is 0.137 e. The van der Waals surface area contributed by atoms with E-state index in [-0.39, 0.29) is 5.82 Å². The van der Waals surface area contributed by atoms with Crippen molar-refractivity contribution in [1.29, 1.82) is 0 Å². The summed E-state index contributed by atoms with van der Waals surface area (Å²) < 4.78 is 14.9. The van der Waals surface area contributed by atoms with E-state index < -0.39 is 0 Å². The van der Waals surface area contributed by atoms with Crippen LogP contribution in [-0.2, 0) is 6.54 Å². The Morgan fingerprint density at radius 3 is 2.42 bits per heavy atom. The molecule has 2 saturated heterocycles. The molecule has 2 fully saturated rings. The van der Waals surface area contributed by atoms with Crippen molar-refractivity contribution in [2.45, 2.75) is 12.6 Å². The maximum absolute atomic E-state index is 13.0. The second kappa shape index (κ2) is 6.86. The minimum absolute atomic E-state index is 0.169. The molecule has 0 radical (unpaired) electrons. The molecular weight excluding hydrogens is 307 g/mol. The lowest BCUT2D eigenvalue weighted by Crippen LogP contribution is -2.63. The molecule has 0 atom stereocenters. The third-order valence-electron chi connectivity index (χ3n) is 5.07. The van der Waals surface area contributed by atoms with E-state index in [4.69, 9.17) is 0 Å². The fourth-order valence-corrected chi connectivity index (χ4v) is 3.55. The number of aromatic nitrogens is 3. The normalized spacial score (nSPS) is 20.3. The van der Waals surface area contributed by atoms with Crippen molar-refractivity contribution in [3.8, 4) is 0 Å². The summed E-state index contributed by atoms with van der Waals surface area (Å²) in [6.45, 7) is 8.43. The van der Waals surface area contributed by atoms with Crippen LogP contribution in [0, 0.1) is 5.82 Å². The van der Waals surface area contributed by atoms with Gasteiger partial charge in [-0.25, -0.2) is 9.37 Å². The number of hydrogen-bond donors (Lipinski definition) is 0. The Hall–Kier alpha value is -1.99. The molecule has 0 saturated carbocycles. The van der Waals surface area contributed by atoms with Gasteiger partial charge in [0.1, 0.15) is 18.5 Å². The second-order valence-electron chi connectivity index (χ2n) is 6.57. The first-order chi connectivity index (χ1) is 11.8. The molecule has 1 aromatic heterocycles. The molecule has 2 aliphatic rings. The van der Waals surface area contributed by atoms with Gasteiger partial charge in [0.2, 0.25) is 0 Å². The molecule has 2 aromatic rings. The van der Waals surface area contributed by atoms with Gasteiger partial charge in [-0.05, 0) is 24.3 Å². The van der Waals surface area contributed by atoms with Crippen LogP contribution in [0.2, 0.25) is 0 Å². The van der Waals surface area contributed by atoms with Crippen LogP contribution >= 0.6 is 0 Å². The topological polar surface area (TPSA) is 40.4 Å². The zero-order valence-electron chi connectivity index (χ0n) is 13.8. The zero-order valence-corrected chi connectivity index (χ0v) is 13.8. The summed E-state index contributed by atoms with van der Waals surface area (Å²) in [5.74, 6) is -0.169. The lowest BCUT2D eigenvalue weighted by molar-refractivity contribution is 0.0282. The highest BCUT2D eigenvalue weighted by molar-refractivity contribution is 5.46. The van der Waals surface area contributed by atoms with E-state index in [1.807, 2.05) is 16.8 Å². The zero-order chi connectivity index (χ0) is 16.4. The Morgan fingerprint density at radius 1 is 1.00 bits per heavy atom. The van der Waals surface area contributed by atoms with Crippen LogP contribution in [-0.4, -0.2) is 76.4 Å². The van der Waals surface area contributed by atoms with Crippen LogP contribution in [0.25, 0.3) is 0 Å². The van der Waals surface area contributed by atoms with Gasteiger partial charge in [0.05, 0.1) is 6.54 Å². The number of benzene rings is 1. The standard InChI is InChI=1S/C17H23FN6/c18-15-1-3-16(4-2-15)22-6-8-23(9-7-22)17-11-21(12-17)5-10-24-14-19-13-20-24/h1-4,13-14,17H,5-12H2. The van der Waals surface area contributed by atoms with E-state index in [1.54, 1.807) is 24.8 Å². The Kier molecular flexibility index (Phi) is 4.44. The molecule has 4 rings (SSSR count). The number of likely N-dealkylation sites (tertiary alicyclic amines) is 1. The van der Waals surface area contributed by atoms with Crippen LogP contribution in [0.4, 0.5) is 10.1 Å². The average molecular weight is 330 g/mol. The van der Waals surface area contributed by atoms with Gasteiger partial charge in [0.15, 0.2) is 0 Å². The Labute approximate surface area is 141 Å². The van der Waals surface area contributed by atoms with E-state index >= 15 is 0 Å². The summed E-state index contributed by atoms with van der Waals surface area (Å²) in [7, 11) is 0. The predicted octanol–water partition coefficient (Wildman–Crippen LogP) is 0.924. The van der Waals surface area contributed by atoms with Gasteiger partial charge in [0, 0.05) is 57.5 Å². The molecule has 6 nitrogen and oxygen atoms in total. The molecule has 0 bridgehead atoms. The number of nitrogens with zero attached hydrogens (tertiary/aromatic N) is 6. The van der Waals surface area contributed by atoms with E-state index in [9.17, 15) is 4.39 Å². The molecule has 0 spiro atoms. The van der Waals surface area contributed by atoms with Gasteiger partial charge in [0.25, 0.3) is 0 Å². The highest BCUT2D eigenvalue weighted by Crippen LogP contribution is 2.20. The molecule has 24 heavy (non-hydrogen) atoms. The fourth-order valence-electron chi connectivity index (χ4n) is 3.55. The molecule has 0 aliphatic carbocycles. The summed E-state index contributed by atoms with van der Waals surface area (Å²) >= 11 is 0. The Balaban J connectivity index is 1.19. The first kappa shape index (κ1) is 15.5. The van der Waals surface area contributed by atoms with Crippen molar-refractivity contribution < 1.29 is 4.39 Å². The van der Waals surface area contributed by atoms with Gasteiger partial charge < -0.3 is 4.90 Å². The molecule has 128 valence electrons. The molecule has 7 heteroatoms. The van der Waals surface area contributed by atoms with Crippen LogP contribution in [0.15, 0.2) is 36.9 Å². The highest BCUT2D eigenvalue weighted by atomic mass is 19.1. The van der Waals surface area contributed by atoms with Crippen LogP contribution in [0.5, 0.6) is 0 Å². The number of hydrogen-bond acceptors (Lipinski definition) is 5. The second-order valence-corrected chi connectivity index (χ2v) is 6.57. The number of anilines is 1. The van der Waals surface area contributed by atoms with E-state index in [0.29, 0.717) is 6.04 Å². The van der Waals surface area contributed by atoms with Crippen LogP contribution in [0.3, 0.4) is 0 Å². The minimum atomic E-state index is -0.169. The maximum atomic E-state index is 13.0. The van der Waals surface area contributed by atoms with Gasteiger partial charge in [-0.3, -0.25) is 14.5 Å². The van der Waals surface area contributed by atoms with Gasteiger partial charge in [-0.2, -0.15) is 5.10 Å². The van der Waals surface area contributed by atoms with Crippen molar-refractivity contribution in [1.82, 2.24) is 24.6 Å². The number of halogens is 1. The third kappa shape index (κ3) is 3.42. The summed E-state index contributed by atoms with van der Waals surface area (Å²) in [6.07, 6.45) is 3.35. The third-order valence-corrected chi connectivity index (χ3v) is 5.07. The quantitative estimate of drug-likeness (QED) is 0.815. The number of piperazine rings is 1. The summed E-state index contributed by atoms with van der Waals surface area (Å²) in [5.41, 5.74) is 1.12. The molecule has 0 amide bonds. The molecular formula is C17H23FN6. The van der Waals surface area contributed by atoms with Crippen LogP contribution < -0.4 is 4.90 Å². The monoisotopic (exact) mass is 330 g/mol. The van der Waals surface area contributed by atoms with Crippen molar-refractivity contribution in [3.63, 3.8) is 0 Å². The van der Waals surface area contributed by atoms with E-state index in [0.717, 1.165) is 58.0 Å². The van der Waals surface area contributed by atoms with Gasteiger partial charge in [-0.1, -0.05) is 0 Å². The summed E-state index contributed by atoms with van der Waals surface area (Å²) in [6, 6.07) is 7.51. The van der Waals surface area contributed by atoms with E-state index in [1.165, 1.54) is 0 Å². The van der Waals surface area contributed by atoms with Crippen LogP contribution in [0.1, 0.15) is 0 Å². The van der Waals surface area contributed by atoms with Crippen molar-refractivity contribution in [2.24, 2.45) is 0 Å². The van der Waals surface area contributed by atoms with E-state index in [2.05, 4.69) is 24.8 Å². The van der Waals surface area contributed by atoms with Gasteiger partial charge in [-0.15, -0.1) is 0 Å². The maximum Gasteiger partial charge on any atom is 0.137 e. The summed E-state index contributed by atoms with van der Waals surface area (Å²) in [4.78, 5) is 11.4. The fraction of sp³-hybridized carbons (Fsp3) is 0.529. The van der Waals surface area contributed by atoms with Gasteiger partial charge >= 0.3 is 0 Å². The van der Waals surface area contributed by atoms with Crippen molar-refractivity contribution >= 4 is 5.69 Å². The molecule has 3 heterocycles. The van der Waals surface area contributed by atoms with Crippen molar-refractivity contribution in [3.05, 3.63) is 42.7 Å². The molecule has 0 unspecified atom stereocenters. The predicted molar refractivity (Wildman–Crippen MR) is 90.4 cm³/mol. The van der Waals surface area contributed by atoms with Crippen molar-refractivity contribution in [2.75, 3.05) is 50.7 Å². The first-order valence-corrected chi connectivity index (χ1v) is 8.57. The number of rotatable bonds is 5. The average Bonchev–Trinajstić information content (AvgIpc) is 3.08. The first-order valence-electron chi connectivity index (χ1n) is 8.57. The molecule has 2 aliphatic heterocycles. The Bertz CT molecular complexity index is 630. The molecule has 1 aromatic carbocycles. The summed E-state index contributed by atoms with van der Waals surface area (Å²) in [5, 5.41) is 4.14. The SMILES string of the molecule is Fc1ccc(N2CCN(C3CN(CCn4cncn4)C3)CC2)cc1. The largest absolute Gasteiger partial charge is 0.369 e. The minimum Gasteiger partial charge on any atom is -0.369 e. The highest BCUT2D eigenvalue weighted by Gasteiger charge is 2.33. The molecule has 0 N–H and O–H groups in total. The lowest BCUT2D eigenvalue weighted by atomic mass is 10.1. The lowest BCUT2D eigenvalue weighted by Gasteiger charge is -2.48. The Morgan fingerprint density at radius 2 is 1.75 bits per heavy atom.